The number of Topliss-reactive ketones (excluding diaryl/α,β-unsaturated/α-hetero) is 3. The van der Waals surface area contributed by atoms with Crippen molar-refractivity contribution in [2.75, 3.05) is 19.1 Å². The van der Waals surface area contributed by atoms with Gasteiger partial charge in [-0.05, 0) is 48.7 Å². The van der Waals surface area contributed by atoms with Crippen LogP contribution in [-0.4, -0.2) is 43.7 Å². The first-order valence-corrected chi connectivity index (χ1v) is 12.3. The van der Waals surface area contributed by atoms with Crippen molar-refractivity contribution in [3.05, 3.63) is 94.6 Å². The van der Waals surface area contributed by atoms with Gasteiger partial charge in [0.2, 0.25) is 0 Å². The number of fused-ring (bicyclic) bond motifs is 5. The summed E-state index contributed by atoms with van der Waals surface area (Å²) in [4.78, 5) is 44.4. The van der Waals surface area contributed by atoms with E-state index in [1.807, 2.05) is 48.2 Å². The number of anilines is 1. The molecule has 0 unspecified atom stereocenters. The number of carbonyl (C=O) groups excluding carboxylic acids is 3. The molecule has 0 amide bonds. The molecular weight excluding hydrogens is 466 g/mol. The van der Waals surface area contributed by atoms with Gasteiger partial charge in [0.1, 0.15) is 5.41 Å². The Bertz CT molecular complexity index is 1480. The lowest BCUT2D eigenvalue weighted by atomic mass is 9.64. The van der Waals surface area contributed by atoms with Crippen LogP contribution in [-0.2, 0) is 4.79 Å². The van der Waals surface area contributed by atoms with E-state index in [9.17, 15) is 14.4 Å². The Morgan fingerprint density at radius 1 is 0.892 bits per heavy atom. The second-order valence-corrected chi connectivity index (χ2v) is 9.99. The number of carbonyl (C=O) groups is 3. The van der Waals surface area contributed by atoms with E-state index in [4.69, 9.17) is 9.47 Å². The fourth-order valence-electron chi connectivity index (χ4n) is 6.64. The molecule has 186 valence electrons. The monoisotopic (exact) mass is 493 g/mol. The van der Waals surface area contributed by atoms with Crippen LogP contribution in [0.5, 0.6) is 11.5 Å². The van der Waals surface area contributed by atoms with E-state index in [1.165, 1.54) is 0 Å². The topological polar surface area (TPSA) is 72.9 Å². The van der Waals surface area contributed by atoms with Gasteiger partial charge in [0, 0.05) is 22.7 Å². The Morgan fingerprint density at radius 2 is 1.57 bits per heavy atom. The predicted octanol–water partition coefficient (Wildman–Crippen LogP) is 5.03. The summed E-state index contributed by atoms with van der Waals surface area (Å²) in [6, 6.07) is 17.1. The summed E-state index contributed by atoms with van der Waals surface area (Å²) in [6.07, 6.45) is 3.89. The number of ether oxygens (including phenoxy) is 2. The van der Waals surface area contributed by atoms with Crippen molar-refractivity contribution in [1.29, 1.82) is 0 Å². The largest absolute Gasteiger partial charge is 0.493 e. The van der Waals surface area contributed by atoms with Crippen molar-refractivity contribution < 1.29 is 23.9 Å². The molecule has 1 spiro atoms. The van der Waals surface area contributed by atoms with E-state index in [1.54, 1.807) is 57.5 Å². The summed E-state index contributed by atoms with van der Waals surface area (Å²) in [7, 11) is 3.10. The fourth-order valence-corrected chi connectivity index (χ4v) is 6.64. The maximum atomic E-state index is 14.4. The normalized spacial score (nSPS) is 22.6. The van der Waals surface area contributed by atoms with Crippen molar-refractivity contribution in [3.63, 3.8) is 0 Å². The van der Waals surface area contributed by atoms with Crippen molar-refractivity contribution in [3.8, 4) is 11.5 Å². The minimum absolute atomic E-state index is 0.110. The number of hydrogen-bond donors (Lipinski definition) is 0. The van der Waals surface area contributed by atoms with Gasteiger partial charge in [0.25, 0.3) is 0 Å². The molecule has 2 heterocycles. The zero-order valence-electron chi connectivity index (χ0n) is 21.1. The molecule has 6 nitrogen and oxygen atoms in total. The number of hydrogen-bond acceptors (Lipinski definition) is 6. The van der Waals surface area contributed by atoms with Crippen molar-refractivity contribution >= 4 is 29.1 Å². The number of aryl methyl sites for hydroxylation is 1. The van der Waals surface area contributed by atoms with E-state index in [0.29, 0.717) is 28.2 Å². The zero-order chi connectivity index (χ0) is 26.1. The van der Waals surface area contributed by atoms with E-state index >= 15 is 0 Å². The highest BCUT2D eigenvalue weighted by molar-refractivity contribution is 6.32. The van der Waals surface area contributed by atoms with Crippen LogP contribution in [0.15, 0.2) is 66.7 Å². The van der Waals surface area contributed by atoms with Crippen molar-refractivity contribution in [1.82, 2.24) is 0 Å². The maximum absolute atomic E-state index is 14.4. The molecule has 0 radical (unpaired) electrons. The van der Waals surface area contributed by atoms with Gasteiger partial charge in [0.15, 0.2) is 28.8 Å². The fraction of sp³-hybridized carbons (Fsp3) is 0.258. The molecule has 1 aliphatic carbocycles. The number of methoxy groups -OCH3 is 2. The molecule has 3 atom stereocenters. The van der Waals surface area contributed by atoms with Gasteiger partial charge in [-0.25, -0.2) is 0 Å². The Hall–Kier alpha value is -4.19. The third-order valence-electron chi connectivity index (χ3n) is 8.15. The average molecular weight is 494 g/mol. The highest BCUT2D eigenvalue weighted by Gasteiger charge is 2.71. The Labute approximate surface area is 215 Å². The smallest absolute Gasteiger partial charge is 0.180 e. The summed E-state index contributed by atoms with van der Waals surface area (Å²) in [5.74, 6) is -0.327. The Morgan fingerprint density at radius 3 is 2.19 bits per heavy atom. The van der Waals surface area contributed by atoms with Crippen LogP contribution in [0.1, 0.15) is 50.2 Å². The van der Waals surface area contributed by atoms with E-state index in [2.05, 4.69) is 0 Å². The Kier molecular flexibility index (Phi) is 5.13. The van der Waals surface area contributed by atoms with Crippen LogP contribution in [0.25, 0.3) is 6.08 Å². The highest BCUT2D eigenvalue weighted by Crippen LogP contribution is 2.61. The van der Waals surface area contributed by atoms with Crippen LogP contribution in [0, 0.1) is 12.3 Å². The molecular formula is C31H27NO5. The second-order valence-electron chi connectivity index (χ2n) is 9.99. The van der Waals surface area contributed by atoms with Crippen molar-refractivity contribution in [2.45, 2.75) is 31.8 Å². The van der Waals surface area contributed by atoms with Gasteiger partial charge in [-0.2, -0.15) is 0 Å². The molecule has 37 heavy (non-hydrogen) atoms. The number of rotatable bonds is 4. The lowest BCUT2D eigenvalue weighted by Gasteiger charge is -2.37. The van der Waals surface area contributed by atoms with Gasteiger partial charge in [-0.1, -0.05) is 54.6 Å². The summed E-state index contributed by atoms with van der Waals surface area (Å²) in [5, 5.41) is 0. The standard InChI is InChI=1S/C31H27NO5/c1-17-9-10-19-12-14-26-31(29(34)21-7-5-6-8-22(21)30(31)35)27(28(18(2)33)32(26)23(19)15-17)20-11-13-24(36-3)25(16-20)37-4/h5-16,26-28H,1-4H3/t26-,27-,28-/m0/s1. The average Bonchev–Trinajstić information content (AvgIpc) is 3.35. The minimum atomic E-state index is -1.50. The quantitative estimate of drug-likeness (QED) is 0.475. The molecule has 0 bridgehead atoms. The highest BCUT2D eigenvalue weighted by atomic mass is 16.5. The Balaban J connectivity index is 1.68. The van der Waals surface area contributed by atoms with Gasteiger partial charge in [-0.3, -0.25) is 14.4 Å². The third kappa shape index (κ3) is 2.95. The van der Waals surface area contributed by atoms with Gasteiger partial charge in [0.05, 0.1) is 26.3 Å². The van der Waals surface area contributed by atoms with Gasteiger partial charge in [-0.15, -0.1) is 0 Å². The lowest BCUT2D eigenvalue weighted by molar-refractivity contribution is -0.118. The van der Waals surface area contributed by atoms with Crippen molar-refractivity contribution in [2.24, 2.45) is 5.41 Å². The summed E-state index contributed by atoms with van der Waals surface area (Å²) in [5.41, 5.74) is 2.84. The second kappa shape index (κ2) is 8.17. The molecule has 2 aliphatic heterocycles. The van der Waals surface area contributed by atoms with Crippen LogP contribution in [0.2, 0.25) is 0 Å². The molecule has 3 aromatic carbocycles. The first kappa shape index (κ1) is 23.2. The van der Waals surface area contributed by atoms with E-state index < -0.39 is 23.4 Å². The van der Waals surface area contributed by atoms with Crippen LogP contribution >= 0.6 is 0 Å². The summed E-state index contributed by atoms with van der Waals surface area (Å²) in [6.45, 7) is 3.54. The SMILES string of the molecule is COc1ccc([C@H]2[C@H](C(C)=O)N3c4cc(C)ccc4C=C[C@H]3C23C(=O)c2ccccc2C3=O)cc1OC. The van der Waals surface area contributed by atoms with E-state index in [-0.39, 0.29) is 17.3 Å². The first-order valence-electron chi connectivity index (χ1n) is 12.3. The lowest BCUT2D eigenvalue weighted by Crippen LogP contribution is -2.48. The summed E-state index contributed by atoms with van der Waals surface area (Å²) < 4.78 is 11.0. The maximum Gasteiger partial charge on any atom is 0.180 e. The molecule has 6 rings (SSSR count). The first-order chi connectivity index (χ1) is 17.8. The van der Waals surface area contributed by atoms with Crippen LogP contribution < -0.4 is 14.4 Å². The molecule has 0 saturated carbocycles. The summed E-state index contributed by atoms with van der Waals surface area (Å²) >= 11 is 0. The van der Waals surface area contributed by atoms with Crippen LogP contribution in [0.4, 0.5) is 5.69 Å². The van der Waals surface area contributed by atoms with E-state index in [0.717, 1.165) is 16.8 Å². The molecule has 3 aliphatic rings. The van der Waals surface area contributed by atoms with Gasteiger partial charge >= 0.3 is 0 Å². The molecule has 6 heteroatoms. The molecule has 0 N–H and O–H groups in total. The molecule has 1 fully saturated rings. The number of nitrogens with zero attached hydrogens (tertiary/aromatic N) is 1. The predicted molar refractivity (Wildman–Crippen MR) is 141 cm³/mol. The van der Waals surface area contributed by atoms with Gasteiger partial charge < -0.3 is 14.4 Å². The minimum Gasteiger partial charge on any atom is -0.493 e. The molecule has 0 aromatic heterocycles. The molecule has 3 aromatic rings. The molecule has 1 saturated heterocycles. The third-order valence-corrected chi connectivity index (χ3v) is 8.15. The zero-order valence-corrected chi connectivity index (χ0v) is 21.1. The number of ketones is 3. The number of benzene rings is 3. The van der Waals surface area contributed by atoms with Crippen LogP contribution in [0.3, 0.4) is 0 Å².